The van der Waals surface area contributed by atoms with Crippen LogP contribution in [0.3, 0.4) is 0 Å². The topological polar surface area (TPSA) is 49.4 Å². The maximum Gasteiger partial charge on any atom is 0.197 e. The Bertz CT molecular complexity index is 208. The van der Waals surface area contributed by atoms with Crippen molar-refractivity contribution in [3.05, 3.63) is 0 Å². The van der Waals surface area contributed by atoms with Crippen molar-refractivity contribution in [2.45, 2.75) is 58.5 Å². The molecule has 0 spiro atoms. The summed E-state index contributed by atoms with van der Waals surface area (Å²) in [5.41, 5.74) is -0.340. The zero-order valence-electron chi connectivity index (χ0n) is 9.40. The van der Waals surface area contributed by atoms with Crippen molar-refractivity contribution < 1.29 is 0 Å². The van der Waals surface area contributed by atoms with Gasteiger partial charge in [0.15, 0.2) is 5.66 Å². The summed E-state index contributed by atoms with van der Waals surface area (Å²) in [4.78, 5) is 0. The average molecular weight is 196 g/mol. The smallest absolute Gasteiger partial charge is 0.134 e. The molecule has 0 saturated heterocycles. The van der Waals surface area contributed by atoms with Gasteiger partial charge >= 0.3 is 0 Å². The van der Waals surface area contributed by atoms with Crippen LogP contribution in [-0.2, 0) is 0 Å². The van der Waals surface area contributed by atoms with Crippen LogP contribution < -0.4 is 0 Å². The Morgan fingerprint density at radius 3 is 2.14 bits per heavy atom. The zero-order chi connectivity index (χ0) is 10.4. The molecule has 0 saturated carbocycles. The highest BCUT2D eigenvalue weighted by atomic mass is 15.6. The van der Waals surface area contributed by atoms with E-state index >= 15 is 0 Å². The van der Waals surface area contributed by atoms with Crippen molar-refractivity contribution in [3.63, 3.8) is 0 Å². The zero-order valence-corrected chi connectivity index (χ0v) is 9.40. The average Bonchev–Trinajstić information content (AvgIpc) is 2.62. The van der Waals surface area contributed by atoms with Crippen molar-refractivity contribution in [3.8, 4) is 0 Å². The first-order valence-electron chi connectivity index (χ1n) is 5.55. The van der Waals surface area contributed by atoms with E-state index in [0.717, 1.165) is 6.42 Å². The Hall–Kier alpha value is -0.800. The van der Waals surface area contributed by atoms with Gasteiger partial charge in [0, 0.05) is 5.92 Å². The SMILES string of the molecule is CCCCCCC1(C(C)C)N=NN=N1. The van der Waals surface area contributed by atoms with Crippen LogP contribution in [0.5, 0.6) is 0 Å². The Morgan fingerprint density at radius 1 is 1.00 bits per heavy atom. The lowest BCUT2D eigenvalue weighted by Crippen LogP contribution is -2.28. The molecule has 1 aliphatic heterocycles. The molecule has 0 aromatic heterocycles. The highest BCUT2D eigenvalue weighted by Crippen LogP contribution is 2.33. The molecule has 0 N–H and O–H groups in total. The van der Waals surface area contributed by atoms with Gasteiger partial charge in [-0.3, -0.25) is 0 Å². The Balaban J connectivity index is 2.38. The third kappa shape index (κ3) is 2.59. The van der Waals surface area contributed by atoms with Crippen LogP contribution in [0.2, 0.25) is 0 Å². The van der Waals surface area contributed by atoms with E-state index in [1.54, 1.807) is 0 Å². The third-order valence-corrected chi connectivity index (χ3v) is 2.80. The maximum absolute atomic E-state index is 4.16. The molecule has 0 aromatic rings. The molecular formula is C10H20N4. The fourth-order valence-electron chi connectivity index (χ4n) is 1.65. The molecule has 0 aromatic carbocycles. The molecule has 0 aliphatic carbocycles. The van der Waals surface area contributed by atoms with E-state index in [9.17, 15) is 0 Å². The second kappa shape index (κ2) is 5.17. The van der Waals surface area contributed by atoms with Crippen LogP contribution >= 0.6 is 0 Å². The molecule has 0 fully saturated rings. The normalized spacial score (nSPS) is 18.3. The highest BCUT2D eigenvalue weighted by Gasteiger charge is 2.36. The monoisotopic (exact) mass is 196 g/mol. The lowest BCUT2D eigenvalue weighted by molar-refractivity contribution is 0.289. The minimum atomic E-state index is -0.340. The minimum absolute atomic E-state index is 0.340. The molecule has 0 radical (unpaired) electrons. The maximum atomic E-state index is 4.16. The van der Waals surface area contributed by atoms with E-state index in [4.69, 9.17) is 0 Å². The first kappa shape index (κ1) is 11.3. The van der Waals surface area contributed by atoms with Gasteiger partial charge in [-0.25, -0.2) is 0 Å². The van der Waals surface area contributed by atoms with Crippen LogP contribution in [0.25, 0.3) is 0 Å². The molecule has 4 nitrogen and oxygen atoms in total. The second-order valence-corrected chi connectivity index (χ2v) is 4.22. The fourth-order valence-corrected chi connectivity index (χ4v) is 1.65. The quantitative estimate of drug-likeness (QED) is 0.573. The number of nitrogens with zero attached hydrogens (tertiary/aromatic N) is 4. The van der Waals surface area contributed by atoms with Gasteiger partial charge in [-0.05, 0) is 23.3 Å². The van der Waals surface area contributed by atoms with Gasteiger partial charge in [0.1, 0.15) is 0 Å². The van der Waals surface area contributed by atoms with Gasteiger partial charge in [-0.15, -0.1) is 10.2 Å². The predicted molar refractivity (Wildman–Crippen MR) is 56.0 cm³/mol. The standard InChI is InChI=1S/C10H20N4/c1-4-5-6-7-8-10(9(2)3)11-13-14-12-10/h9H,4-8H2,1-3H3. The number of hydrogen-bond donors (Lipinski definition) is 0. The van der Waals surface area contributed by atoms with E-state index in [0.29, 0.717) is 5.92 Å². The summed E-state index contributed by atoms with van der Waals surface area (Å²) < 4.78 is 0. The van der Waals surface area contributed by atoms with E-state index in [1.165, 1.54) is 25.7 Å². The van der Waals surface area contributed by atoms with Gasteiger partial charge in [0.05, 0.1) is 0 Å². The van der Waals surface area contributed by atoms with E-state index in [-0.39, 0.29) is 5.66 Å². The molecule has 80 valence electrons. The van der Waals surface area contributed by atoms with Crippen molar-refractivity contribution in [1.82, 2.24) is 0 Å². The molecule has 0 unspecified atom stereocenters. The first-order valence-corrected chi connectivity index (χ1v) is 5.55. The molecule has 0 amide bonds. The molecule has 0 atom stereocenters. The Labute approximate surface area is 85.9 Å². The van der Waals surface area contributed by atoms with E-state index in [1.807, 2.05) is 0 Å². The molecule has 1 heterocycles. The van der Waals surface area contributed by atoms with E-state index in [2.05, 4.69) is 41.4 Å². The van der Waals surface area contributed by atoms with Crippen molar-refractivity contribution >= 4 is 0 Å². The van der Waals surface area contributed by atoms with Gasteiger partial charge in [0.2, 0.25) is 0 Å². The largest absolute Gasteiger partial charge is 0.197 e. The van der Waals surface area contributed by atoms with Gasteiger partial charge < -0.3 is 0 Å². The lowest BCUT2D eigenvalue weighted by atomic mass is 9.91. The minimum Gasteiger partial charge on any atom is -0.134 e. The summed E-state index contributed by atoms with van der Waals surface area (Å²) in [6.07, 6.45) is 5.97. The number of hydrogen-bond acceptors (Lipinski definition) is 4. The third-order valence-electron chi connectivity index (χ3n) is 2.80. The van der Waals surface area contributed by atoms with E-state index < -0.39 is 0 Å². The highest BCUT2D eigenvalue weighted by molar-refractivity contribution is 4.87. The Kier molecular flexibility index (Phi) is 4.17. The van der Waals surface area contributed by atoms with Crippen molar-refractivity contribution in [2.75, 3.05) is 0 Å². The number of unbranched alkanes of at least 4 members (excludes halogenated alkanes) is 3. The van der Waals surface area contributed by atoms with Crippen LogP contribution in [-0.4, -0.2) is 5.66 Å². The van der Waals surface area contributed by atoms with Crippen LogP contribution in [0, 0.1) is 5.92 Å². The Morgan fingerprint density at radius 2 is 1.64 bits per heavy atom. The summed E-state index contributed by atoms with van der Waals surface area (Å²) in [5.74, 6) is 0.388. The van der Waals surface area contributed by atoms with Gasteiger partial charge in [0.25, 0.3) is 0 Å². The predicted octanol–water partition coefficient (Wildman–Crippen LogP) is 4.14. The van der Waals surface area contributed by atoms with Crippen LogP contribution in [0.15, 0.2) is 20.7 Å². The van der Waals surface area contributed by atoms with Crippen molar-refractivity contribution in [1.29, 1.82) is 0 Å². The molecular weight excluding hydrogens is 176 g/mol. The lowest BCUT2D eigenvalue weighted by Gasteiger charge is -2.23. The second-order valence-electron chi connectivity index (χ2n) is 4.22. The number of rotatable bonds is 6. The summed E-state index contributed by atoms with van der Waals surface area (Å²) >= 11 is 0. The molecule has 0 bridgehead atoms. The summed E-state index contributed by atoms with van der Waals surface area (Å²) in [5, 5.41) is 15.6. The summed E-state index contributed by atoms with van der Waals surface area (Å²) in [7, 11) is 0. The van der Waals surface area contributed by atoms with Crippen molar-refractivity contribution in [2.24, 2.45) is 26.6 Å². The van der Waals surface area contributed by atoms with Gasteiger partial charge in [-0.1, -0.05) is 40.0 Å². The summed E-state index contributed by atoms with van der Waals surface area (Å²) in [6.45, 7) is 6.47. The van der Waals surface area contributed by atoms with Crippen LogP contribution in [0.1, 0.15) is 52.9 Å². The molecule has 1 aliphatic rings. The fraction of sp³-hybridized carbons (Fsp3) is 1.00. The first-order chi connectivity index (χ1) is 6.71. The molecule has 14 heavy (non-hydrogen) atoms. The molecule has 4 heteroatoms. The van der Waals surface area contributed by atoms with Gasteiger partial charge in [-0.2, -0.15) is 0 Å². The molecule has 1 rings (SSSR count). The van der Waals surface area contributed by atoms with Crippen LogP contribution in [0.4, 0.5) is 0 Å². The summed E-state index contributed by atoms with van der Waals surface area (Å²) in [6, 6.07) is 0.